The highest BCUT2D eigenvalue weighted by Crippen LogP contribution is 2.17. The van der Waals surface area contributed by atoms with Crippen molar-refractivity contribution in [3.05, 3.63) is 11.6 Å². The Morgan fingerprint density at radius 1 is 1.53 bits per heavy atom. The molecule has 0 aromatic carbocycles. The normalized spacial score (nSPS) is 12.7. The van der Waals surface area contributed by atoms with E-state index in [1.165, 1.54) is 11.5 Å². The molecule has 1 atom stereocenters. The van der Waals surface area contributed by atoms with E-state index < -0.39 is 0 Å². The van der Waals surface area contributed by atoms with Gasteiger partial charge in [0, 0.05) is 18.0 Å². The van der Waals surface area contributed by atoms with Gasteiger partial charge in [-0.25, -0.2) is 4.98 Å². The Kier molecular flexibility index (Phi) is 2.86. The van der Waals surface area contributed by atoms with Crippen LogP contribution in [0.2, 0.25) is 0 Å². The summed E-state index contributed by atoms with van der Waals surface area (Å²) >= 11 is 1.34. The average molecular weight is 225 g/mol. The monoisotopic (exact) mass is 225 g/mol. The highest BCUT2D eigenvalue weighted by molar-refractivity contribution is 7.09. The zero-order valence-corrected chi connectivity index (χ0v) is 9.25. The lowest BCUT2D eigenvalue weighted by Gasteiger charge is -2.06. The van der Waals surface area contributed by atoms with Crippen molar-refractivity contribution < 1.29 is 0 Å². The number of nitrogens with zero attached hydrogens (tertiary/aromatic N) is 5. The van der Waals surface area contributed by atoms with E-state index >= 15 is 0 Å². The highest BCUT2D eigenvalue weighted by Gasteiger charge is 2.12. The Morgan fingerprint density at radius 2 is 2.40 bits per heavy atom. The van der Waals surface area contributed by atoms with E-state index in [4.69, 9.17) is 0 Å². The van der Waals surface area contributed by atoms with Crippen LogP contribution in [0.5, 0.6) is 0 Å². The minimum atomic E-state index is -0.0265. The van der Waals surface area contributed by atoms with E-state index in [1.54, 1.807) is 0 Å². The largest absolute Gasteiger partial charge is 0.350 e. The standard InChI is InChI=1S/C7H11N7S/c1-3-5-9-7(15-12-5)8-4(2)6-10-13-14-11-6/h4H,3H2,1-2H3,(H,8,9,12)(H,10,11,13,14). The summed E-state index contributed by atoms with van der Waals surface area (Å²) in [7, 11) is 0. The number of aromatic nitrogens is 6. The van der Waals surface area contributed by atoms with Gasteiger partial charge in [0.15, 0.2) is 5.82 Å². The van der Waals surface area contributed by atoms with Crippen molar-refractivity contribution in [3.8, 4) is 0 Å². The molecule has 7 nitrogen and oxygen atoms in total. The van der Waals surface area contributed by atoms with Crippen LogP contribution in [0.4, 0.5) is 5.13 Å². The molecule has 2 heterocycles. The number of rotatable bonds is 4. The maximum atomic E-state index is 4.29. The molecular weight excluding hydrogens is 214 g/mol. The summed E-state index contributed by atoms with van der Waals surface area (Å²) in [5.41, 5.74) is 0. The summed E-state index contributed by atoms with van der Waals surface area (Å²) < 4.78 is 4.17. The second kappa shape index (κ2) is 4.30. The number of aryl methyl sites for hydroxylation is 1. The number of nitrogens with one attached hydrogen (secondary N) is 2. The predicted molar refractivity (Wildman–Crippen MR) is 55.5 cm³/mol. The van der Waals surface area contributed by atoms with E-state index in [0.29, 0.717) is 5.82 Å². The lowest BCUT2D eigenvalue weighted by Crippen LogP contribution is -2.08. The highest BCUT2D eigenvalue weighted by atomic mass is 32.1. The first-order valence-corrected chi connectivity index (χ1v) is 5.39. The third-order valence-corrected chi connectivity index (χ3v) is 2.56. The molecular formula is C7H11N7S. The number of H-pyrrole nitrogens is 1. The summed E-state index contributed by atoms with van der Waals surface area (Å²) in [6.07, 6.45) is 0.842. The van der Waals surface area contributed by atoms with E-state index in [9.17, 15) is 0 Å². The quantitative estimate of drug-likeness (QED) is 0.799. The van der Waals surface area contributed by atoms with Crippen molar-refractivity contribution in [1.82, 2.24) is 30.0 Å². The topological polar surface area (TPSA) is 92.3 Å². The van der Waals surface area contributed by atoms with Crippen LogP contribution in [0.25, 0.3) is 0 Å². The van der Waals surface area contributed by atoms with Crippen LogP contribution in [-0.4, -0.2) is 30.0 Å². The van der Waals surface area contributed by atoms with Crippen molar-refractivity contribution in [1.29, 1.82) is 0 Å². The predicted octanol–water partition coefficient (Wildman–Crippen LogP) is 0.787. The number of anilines is 1. The van der Waals surface area contributed by atoms with Crippen LogP contribution in [-0.2, 0) is 6.42 Å². The van der Waals surface area contributed by atoms with Gasteiger partial charge < -0.3 is 5.32 Å². The molecule has 2 N–H and O–H groups in total. The summed E-state index contributed by atoms with van der Waals surface area (Å²) in [4.78, 5) is 4.29. The number of hydrogen-bond donors (Lipinski definition) is 2. The summed E-state index contributed by atoms with van der Waals surface area (Å²) in [6, 6.07) is -0.0265. The Balaban J connectivity index is 2.02. The van der Waals surface area contributed by atoms with Crippen LogP contribution in [0.15, 0.2) is 0 Å². The molecule has 2 aromatic rings. The first-order chi connectivity index (χ1) is 7.29. The van der Waals surface area contributed by atoms with Gasteiger partial charge in [0.1, 0.15) is 5.82 Å². The van der Waals surface area contributed by atoms with Crippen LogP contribution < -0.4 is 5.32 Å². The van der Waals surface area contributed by atoms with E-state index in [-0.39, 0.29) is 6.04 Å². The molecule has 15 heavy (non-hydrogen) atoms. The van der Waals surface area contributed by atoms with Crippen LogP contribution in [0.3, 0.4) is 0 Å². The molecule has 0 aliphatic rings. The smallest absolute Gasteiger partial charge is 0.203 e. The van der Waals surface area contributed by atoms with Crippen molar-refractivity contribution in [2.24, 2.45) is 0 Å². The molecule has 1 unspecified atom stereocenters. The molecule has 80 valence electrons. The van der Waals surface area contributed by atoms with Gasteiger partial charge in [-0.05, 0) is 6.92 Å². The van der Waals surface area contributed by atoms with E-state index in [1.807, 2.05) is 13.8 Å². The summed E-state index contributed by atoms with van der Waals surface area (Å²) in [5, 5.41) is 17.6. The fourth-order valence-electron chi connectivity index (χ4n) is 1.06. The van der Waals surface area contributed by atoms with Crippen molar-refractivity contribution in [3.63, 3.8) is 0 Å². The van der Waals surface area contributed by atoms with E-state index in [0.717, 1.165) is 17.4 Å². The Bertz CT molecular complexity index is 409. The molecule has 0 saturated heterocycles. The van der Waals surface area contributed by atoms with Gasteiger partial charge in [-0.2, -0.15) is 9.59 Å². The van der Waals surface area contributed by atoms with Gasteiger partial charge in [0.2, 0.25) is 5.13 Å². The van der Waals surface area contributed by atoms with Gasteiger partial charge in [-0.3, -0.25) is 0 Å². The number of hydrogen-bond acceptors (Lipinski definition) is 7. The third kappa shape index (κ3) is 2.27. The lowest BCUT2D eigenvalue weighted by atomic mass is 10.3. The molecule has 8 heteroatoms. The fraction of sp³-hybridized carbons (Fsp3) is 0.571. The van der Waals surface area contributed by atoms with Crippen LogP contribution in [0, 0.1) is 0 Å². The van der Waals surface area contributed by atoms with Gasteiger partial charge in [-0.15, -0.1) is 10.2 Å². The fourth-order valence-corrected chi connectivity index (χ4v) is 1.80. The minimum Gasteiger partial charge on any atom is -0.350 e. The molecule has 0 amide bonds. The van der Waals surface area contributed by atoms with Crippen molar-refractivity contribution >= 4 is 16.7 Å². The molecule has 2 rings (SSSR count). The molecule has 0 saturated carbocycles. The molecule has 0 spiro atoms. The Labute approximate surface area is 90.5 Å². The van der Waals surface area contributed by atoms with Crippen molar-refractivity contribution in [2.75, 3.05) is 5.32 Å². The van der Waals surface area contributed by atoms with Crippen molar-refractivity contribution in [2.45, 2.75) is 26.3 Å². The van der Waals surface area contributed by atoms with Gasteiger partial charge in [0.05, 0.1) is 6.04 Å². The zero-order valence-electron chi connectivity index (χ0n) is 8.43. The SMILES string of the molecule is CCc1nsc(NC(C)c2nn[nH]n2)n1. The first kappa shape index (κ1) is 9.97. The maximum absolute atomic E-state index is 4.29. The second-order valence-electron chi connectivity index (χ2n) is 3.01. The molecule has 2 aromatic heterocycles. The average Bonchev–Trinajstić information content (AvgIpc) is 2.87. The van der Waals surface area contributed by atoms with E-state index in [2.05, 4.69) is 35.3 Å². The second-order valence-corrected chi connectivity index (χ2v) is 3.76. The molecule has 0 bridgehead atoms. The van der Waals surface area contributed by atoms with Gasteiger partial charge in [0.25, 0.3) is 0 Å². The molecule has 0 aliphatic heterocycles. The van der Waals surface area contributed by atoms with Gasteiger partial charge in [-0.1, -0.05) is 12.1 Å². The zero-order chi connectivity index (χ0) is 10.7. The van der Waals surface area contributed by atoms with Crippen LogP contribution >= 0.6 is 11.5 Å². The number of aromatic amines is 1. The molecule has 0 aliphatic carbocycles. The third-order valence-electron chi connectivity index (χ3n) is 1.87. The summed E-state index contributed by atoms with van der Waals surface area (Å²) in [5.74, 6) is 1.46. The maximum Gasteiger partial charge on any atom is 0.203 e. The Morgan fingerprint density at radius 3 is 3.00 bits per heavy atom. The first-order valence-electron chi connectivity index (χ1n) is 4.62. The molecule has 0 fully saturated rings. The lowest BCUT2D eigenvalue weighted by molar-refractivity contribution is 0.790. The molecule has 0 radical (unpaired) electrons. The number of tetrazole rings is 1. The minimum absolute atomic E-state index is 0.0265. The Hall–Kier alpha value is -1.57. The summed E-state index contributed by atoms with van der Waals surface area (Å²) in [6.45, 7) is 3.96. The van der Waals surface area contributed by atoms with Gasteiger partial charge >= 0.3 is 0 Å². The van der Waals surface area contributed by atoms with Crippen LogP contribution in [0.1, 0.15) is 31.5 Å².